The zero-order valence-corrected chi connectivity index (χ0v) is 23.1. The fourth-order valence-electron chi connectivity index (χ4n) is 3.92. The normalized spacial score (nSPS) is 12.6. The van der Waals surface area contributed by atoms with Gasteiger partial charge in [-0.15, -0.1) is 0 Å². The van der Waals surface area contributed by atoms with Crippen LogP contribution in [0.15, 0.2) is 93.2 Å². The first-order valence-electron chi connectivity index (χ1n) is 11.1. The molecule has 4 aromatic rings. The minimum absolute atomic E-state index is 0.0105. The lowest BCUT2D eigenvalue weighted by Gasteiger charge is -2.19. The molecule has 1 heterocycles. The summed E-state index contributed by atoms with van der Waals surface area (Å²) in [4.78, 5) is 31.7. The molecule has 0 fully saturated rings. The van der Waals surface area contributed by atoms with Crippen LogP contribution in [0, 0.1) is 0 Å². The third kappa shape index (κ3) is 5.74. The molecule has 38 heavy (non-hydrogen) atoms. The average Bonchev–Trinajstić information content (AvgIpc) is 3.13. The number of nitrogens with zero attached hydrogens (tertiary/aromatic N) is 2. The van der Waals surface area contributed by atoms with Crippen molar-refractivity contribution < 1.29 is 31.6 Å². The van der Waals surface area contributed by atoms with Crippen LogP contribution in [0.5, 0.6) is 0 Å². The Balaban J connectivity index is 1.73. The quantitative estimate of drug-likeness (QED) is 0.271. The summed E-state index contributed by atoms with van der Waals surface area (Å²) in [5.41, 5.74) is -3.20. The lowest BCUT2D eigenvalue weighted by molar-refractivity contribution is 0.0557. The smallest absolute Gasteiger partial charge is 0.320 e. The molecule has 8 nitrogen and oxygen atoms in total. The van der Waals surface area contributed by atoms with Gasteiger partial charge < -0.3 is 9.79 Å². The van der Waals surface area contributed by atoms with Gasteiger partial charge in [0.05, 0.1) is 23.7 Å². The Morgan fingerprint density at radius 3 is 2.11 bits per heavy atom. The van der Waals surface area contributed by atoms with Crippen LogP contribution in [0.1, 0.15) is 16.7 Å². The number of alkyl halides is 2. The molecule has 1 aromatic heterocycles. The van der Waals surface area contributed by atoms with Gasteiger partial charge in [0, 0.05) is 22.5 Å². The van der Waals surface area contributed by atoms with Crippen molar-refractivity contribution in [3.8, 4) is 11.3 Å². The first-order valence-corrected chi connectivity index (χ1v) is 15.3. The van der Waals surface area contributed by atoms with Crippen LogP contribution in [0.25, 0.3) is 11.3 Å². The molecule has 0 aliphatic carbocycles. The van der Waals surface area contributed by atoms with Gasteiger partial charge in [-0.3, -0.25) is 13.7 Å². The van der Waals surface area contributed by atoms with E-state index in [0.717, 1.165) is 17.9 Å². The van der Waals surface area contributed by atoms with Crippen LogP contribution in [0.3, 0.4) is 0 Å². The monoisotopic (exact) mass is 626 g/mol. The van der Waals surface area contributed by atoms with E-state index in [1.165, 1.54) is 33.4 Å². The second-order valence-corrected chi connectivity index (χ2v) is 13.2. The van der Waals surface area contributed by atoms with Crippen molar-refractivity contribution in [2.24, 2.45) is 0 Å². The predicted octanol–water partition coefficient (Wildman–Crippen LogP) is 4.81. The van der Waals surface area contributed by atoms with Gasteiger partial charge in [0.25, 0.3) is 0 Å². The van der Waals surface area contributed by atoms with Crippen molar-refractivity contribution in [2.45, 2.75) is 23.6 Å². The minimum Gasteiger partial charge on any atom is -0.320 e. The lowest BCUT2D eigenvalue weighted by atomic mass is 10.1. The number of imidazole rings is 1. The molecule has 0 aliphatic rings. The summed E-state index contributed by atoms with van der Waals surface area (Å²) >= 11 is 2.98. The highest BCUT2D eigenvalue weighted by Crippen LogP contribution is 2.60. The molecule has 4 rings (SSSR count). The maximum absolute atomic E-state index is 14.2. The molecule has 2 N–H and O–H groups in total. The maximum Gasteiger partial charge on any atom is 0.399 e. The second-order valence-electron chi connectivity index (χ2n) is 8.69. The van der Waals surface area contributed by atoms with E-state index in [4.69, 9.17) is 9.79 Å². The van der Waals surface area contributed by atoms with Crippen molar-refractivity contribution >= 4 is 33.4 Å². The topological polar surface area (TPSA) is 119 Å². The van der Waals surface area contributed by atoms with E-state index in [2.05, 4.69) is 15.9 Å². The number of rotatable bonds is 8. The highest BCUT2D eigenvalue weighted by molar-refractivity contribution is 9.10. The van der Waals surface area contributed by atoms with Crippen LogP contribution in [-0.4, -0.2) is 33.6 Å². The van der Waals surface area contributed by atoms with Crippen LogP contribution in [-0.2, 0) is 33.2 Å². The number of hydrogen-bond donors (Lipinski definition) is 2. The number of halogens is 3. The molecular weight excluding hydrogens is 605 g/mol. The van der Waals surface area contributed by atoms with Gasteiger partial charge in [-0.05, 0) is 34.9 Å². The highest BCUT2D eigenvalue weighted by Gasteiger charge is 2.51. The van der Waals surface area contributed by atoms with Gasteiger partial charge >= 0.3 is 18.9 Å². The minimum atomic E-state index is -5.75. The Morgan fingerprint density at radius 1 is 0.947 bits per heavy atom. The summed E-state index contributed by atoms with van der Waals surface area (Å²) in [6.07, 6.45) is 2.77. The Kier molecular flexibility index (Phi) is 7.66. The molecule has 0 radical (unpaired) electrons. The lowest BCUT2D eigenvalue weighted by Crippen LogP contribution is -2.25. The van der Waals surface area contributed by atoms with Crippen molar-refractivity contribution in [3.05, 3.63) is 111 Å². The summed E-state index contributed by atoms with van der Waals surface area (Å²) in [5, 5.41) is 0. The molecule has 0 saturated heterocycles. The zero-order chi connectivity index (χ0) is 27.9. The van der Waals surface area contributed by atoms with E-state index in [-0.39, 0.29) is 22.5 Å². The molecule has 0 aliphatic heterocycles. The van der Waals surface area contributed by atoms with Crippen LogP contribution in [0.4, 0.5) is 8.78 Å². The maximum atomic E-state index is 14.2. The molecule has 0 bridgehead atoms. The van der Waals surface area contributed by atoms with E-state index in [0.29, 0.717) is 16.8 Å². The zero-order valence-electron chi connectivity index (χ0n) is 19.8. The molecule has 0 amide bonds. The molecule has 200 valence electrons. The molecule has 0 unspecified atom stereocenters. The molecule has 0 atom stereocenters. The van der Waals surface area contributed by atoms with E-state index in [1.54, 1.807) is 30.5 Å². The van der Waals surface area contributed by atoms with Crippen molar-refractivity contribution in [2.75, 3.05) is 6.26 Å². The Bertz CT molecular complexity index is 1700. The van der Waals surface area contributed by atoms with Gasteiger partial charge in [0.15, 0.2) is 9.84 Å². The third-order valence-electron chi connectivity index (χ3n) is 5.88. The van der Waals surface area contributed by atoms with E-state index in [9.17, 15) is 26.6 Å². The van der Waals surface area contributed by atoms with E-state index >= 15 is 0 Å². The number of benzene rings is 3. The van der Waals surface area contributed by atoms with Gasteiger partial charge in [0.1, 0.15) is 0 Å². The molecule has 13 heteroatoms. The van der Waals surface area contributed by atoms with Gasteiger partial charge in [-0.1, -0.05) is 70.5 Å². The average molecular weight is 627 g/mol. The predicted molar refractivity (Wildman–Crippen MR) is 142 cm³/mol. The van der Waals surface area contributed by atoms with Crippen LogP contribution >= 0.6 is 23.5 Å². The van der Waals surface area contributed by atoms with Crippen LogP contribution < -0.4 is 5.69 Å². The van der Waals surface area contributed by atoms with Crippen molar-refractivity contribution in [3.63, 3.8) is 0 Å². The Hall–Kier alpha value is -2.89. The number of sulfone groups is 1. The van der Waals surface area contributed by atoms with Gasteiger partial charge in [0.2, 0.25) is 0 Å². The standard InChI is InChI=1S/C25H22BrF2N2O6PS/c1-38(35,36)20-10-7-17(8-11-20)14-29-16-23(19-5-3-2-4-6-19)30(24(29)31)15-18-9-12-21(22(26)13-18)25(27,28)37(32,33)34/h2-13,16H,14-15H2,1H3,(H2,32,33,34). The summed E-state index contributed by atoms with van der Waals surface area (Å²) in [6.45, 7) is 0.149. The second kappa shape index (κ2) is 10.3. The van der Waals surface area contributed by atoms with Crippen molar-refractivity contribution in [1.29, 1.82) is 0 Å². The SMILES string of the molecule is CS(=O)(=O)c1ccc(Cn2cc(-c3ccccc3)n(Cc3ccc(C(F)(F)P(=O)(O)O)c(Br)c3)c2=O)cc1. The highest BCUT2D eigenvalue weighted by atomic mass is 79.9. The number of aromatic nitrogens is 2. The summed E-state index contributed by atoms with van der Waals surface area (Å²) in [6, 6.07) is 18.8. The fourth-order valence-corrected chi connectivity index (χ4v) is 5.88. The van der Waals surface area contributed by atoms with E-state index < -0.39 is 34.3 Å². The Labute approximate surface area is 225 Å². The molecule has 3 aromatic carbocycles. The van der Waals surface area contributed by atoms with Crippen LogP contribution in [0.2, 0.25) is 0 Å². The van der Waals surface area contributed by atoms with Gasteiger partial charge in [-0.25, -0.2) is 13.2 Å². The first kappa shape index (κ1) is 28.1. The largest absolute Gasteiger partial charge is 0.399 e. The fraction of sp³-hybridized carbons (Fsp3) is 0.160. The molecular formula is C25H22BrF2N2O6PS. The Morgan fingerprint density at radius 2 is 1.55 bits per heavy atom. The van der Waals surface area contributed by atoms with Crippen molar-refractivity contribution in [1.82, 2.24) is 9.13 Å². The molecule has 0 spiro atoms. The summed E-state index contributed by atoms with van der Waals surface area (Å²) < 4.78 is 66.0. The summed E-state index contributed by atoms with van der Waals surface area (Å²) in [5.74, 6) is 0. The molecule has 0 saturated carbocycles. The van der Waals surface area contributed by atoms with Gasteiger partial charge in [-0.2, -0.15) is 8.78 Å². The first-order chi connectivity index (χ1) is 17.7. The van der Waals surface area contributed by atoms with E-state index in [1.807, 2.05) is 18.2 Å². The summed E-state index contributed by atoms with van der Waals surface area (Å²) in [7, 11) is -9.12. The number of hydrogen-bond acceptors (Lipinski definition) is 4. The third-order valence-corrected chi connectivity index (χ3v) is 8.64.